The fourth-order valence-corrected chi connectivity index (χ4v) is 3.94. The number of alkyl halides is 1. The van der Waals surface area contributed by atoms with Gasteiger partial charge in [0.25, 0.3) is 0 Å². The molecule has 25 heavy (non-hydrogen) atoms. The van der Waals surface area contributed by atoms with Crippen LogP contribution in [0.15, 0.2) is 0 Å². The lowest BCUT2D eigenvalue weighted by Crippen LogP contribution is -3.00. The number of unbranched alkanes of at least 4 members (excludes halogenated alkanes) is 12. The molecular formula is C22H43ClIN. The zero-order chi connectivity index (χ0) is 18.1. The van der Waals surface area contributed by atoms with Crippen LogP contribution in [0.2, 0.25) is 0 Å². The van der Waals surface area contributed by atoms with Gasteiger partial charge in [-0.3, -0.25) is 0 Å². The molecule has 3 heteroatoms. The van der Waals surface area contributed by atoms with Gasteiger partial charge in [0, 0.05) is 22.6 Å². The minimum atomic E-state index is 0. The average molecular weight is 484 g/mol. The Kier molecular flexibility index (Phi) is 21.4. The largest absolute Gasteiger partial charge is 1.00 e. The van der Waals surface area contributed by atoms with Gasteiger partial charge in [-0.25, -0.2) is 0 Å². The quantitative estimate of drug-likeness (QED) is 0.0721. The molecule has 0 rings (SSSR count). The first-order chi connectivity index (χ1) is 11.6. The van der Waals surface area contributed by atoms with Crippen molar-refractivity contribution in [3.8, 4) is 12.3 Å². The Balaban J connectivity index is 0. The van der Waals surface area contributed by atoms with Gasteiger partial charge < -0.3 is 16.9 Å². The molecule has 0 amide bonds. The van der Waals surface area contributed by atoms with Gasteiger partial charge in [0.2, 0.25) is 0 Å². The number of terminal acetylenes is 1. The minimum Gasteiger partial charge on any atom is -1.00 e. The van der Waals surface area contributed by atoms with Crippen LogP contribution in [0.25, 0.3) is 0 Å². The molecule has 0 heterocycles. The SMILES string of the molecule is C#CC(I)[N+](C)(CCCCCCCCC)CCCCCCCCC.[Cl-]. The summed E-state index contributed by atoms with van der Waals surface area (Å²) in [6.45, 7) is 7.07. The van der Waals surface area contributed by atoms with Gasteiger partial charge in [0.05, 0.1) is 20.1 Å². The van der Waals surface area contributed by atoms with Crippen molar-refractivity contribution in [1.82, 2.24) is 0 Å². The van der Waals surface area contributed by atoms with E-state index in [0.29, 0.717) is 4.05 Å². The Bertz CT molecular complexity index is 296. The summed E-state index contributed by atoms with van der Waals surface area (Å²) in [5.74, 6) is 3.00. The average Bonchev–Trinajstić information content (AvgIpc) is 2.59. The second-order valence-electron chi connectivity index (χ2n) is 7.67. The van der Waals surface area contributed by atoms with E-state index in [9.17, 15) is 0 Å². The van der Waals surface area contributed by atoms with Crippen LogP contribution >= 0.6 is 22.6 Å². The number of quaternary nitrogens is 1. The lowest BCUT2D eigenvalue weighted by Gasteiger charge is -2.37. The van der Waals surface area contributed by atoms with E-state index in [-0.39, 0.29) is 12.4 Å². The van der Waals surface area contributed by atoms with Crippen LogP contribution in [0.4, 0.5) is 0 Å². The van der Waals surface area contributed by atoms with Gasteiger partial charge in [-0.05, 0) is 31.6 Å². The van der Waals surface area contributed by atoms with Crippen LogP contribution < -0.4 is 12.4 Å². The van der Waals surface area contributed by atoms with Crippen molar-refractivity contribution in [1.29, 1.82) is 0 Å². The number of hydrogen-bond donors (Lipinski definition) is 0. The molecule has 0 aromatic heterocycles. The van der Waals surface area contributed by atoms with Crippen LogP contribution in [0.1, 0.15) is 104 Å². The number of halogens is 2. The smallest absolute Gasteiger partial charge is 0.200 e. The highest BCUT2D eigenvalue weighted by Gasteiger charge is 2.27. The standard InChI is InChI=1S/C22H43IN.ClH/c1-5-8-10-12-14-16-18-20-24(4,22(23)7-3)21-19-17-15-13-11-9-6-2;/h3,22H,5-6,8-21H2,1-2,4H3;1H/q+1;/p-1. The van der Waals surface area contributed by atoms with Gasteiger partial charge in [0.1, 0.15) is 0 Å². The Labute approximate surface area is 179 Å². The van der Waals surface area contributed by atoms with E-state index in [1.807, 2.05) is 0 Å². The Morgan fingerprint density at radius 2 is 1.04 bits per heavy atom. The van der Waals surface area contributed by atoms with Crippen LogP contribution in [0, 0.1) is 12.3 Å². The van der Waals surface area contributed by atoms with Crippen molar-refractivity contribution in [2.24, 2.45) is 0 Å². The summed E-state index contributed by atoms with van der Waals surface area (Å²) in [6, 6.07) is 0. The van der Waals surface area contributed by atoms with Gasteiger partial charge in [-0.1, -0.05) is 78.1 Å². The third-order valence-electron chi connectivity index (χ3n) is 5.23. The molecule has 1 atom stereocenters. The third kappa shape index (κ3) is 15.3. The summed E-state index contributed by atoms with van der Waals surface area (Å²) < 4.78 is 1.39. The van der Waals surface area contributed by atoms with Crippen molar-refractivity contribution in [2.75, 3.05) is 20.1 Å². The predicted molar refractivity (Wildman–Crippen MR) is 119 cm³/mol. The summed E-state index contributed by atoms with van der Waals surface area (Å²) in [7, 11) is 2.38. The molecule has 0 aliphatic carbocycles. The first-order valence-corrected chi connectivity index (χ1v) is 11.8. The van der Waals surface area contributed by atoms with Gasteiger partial charge >= 0.3 is 0 Å². The first kappa shape index (κ1) is 27.8. The van der Waals surface area contributed by atoms with E-state index in [1.165, 1.54) is 103 Å². The van der Waals surface area contributed by atoms with E-state index < -0.39 is 0 Å². The molecule has 0 saturated heterocycles. The van der Waals surface area contributed by atoms with Crippen molar-refractivity contribution < 1.29 is 16.9 Å². The first-order valence-electron chi connectivity index (χ1n) is 10.5. The summed E-state index contributed by atoms with van der Waals surface area (Å²) >= 11 is 2.48. The molecule has 0 aliphatic heterocycles. The van der Waals surface area contributed by atoms with E-state index in [2.05, 4.69) is 49.4 Å². The molecule has 0 bridgehead atoms. The number of hydrogen-bond acceptors (Lipinski definition) is 0. The molecule has 150 valence electrons. The lowest BCUT2D eigenvalue weighted by molar-refractivity contribution is -0.908. The van der Waals surface area contributed by atoms with Gasteiger partial charge in [0.15, 0.2) is 4.05 Å². The summed E-state index contributed by atoms with van der Waals surface area (Å²) in [5, 5.41) is 0. The van der Waals surface area contributed by atoms with Crippen LogP contribution in [-0.2, 0) is 0 Å². The van der Waals surface area contributed by atoms with Crippen molar-refractivity contribution in [2.45, 2.75) is 108 Å². The maximum absolute atomic E-state index is 5.76. The second-order valence-corrected chi connectivity index (χ2v) is 8.85. The maximum atomic E-state index is 5.76. The van der Waals surface area contributed by atoms with Crippen LogP contribution in [0.5, 0.6) is 0 Å². The van der Waals surface area contributed by atoms with Crippen molar-refractivity contribution in [3.05, 3.63) is 0 Å². The minimum absolute atomic E-state index is 0. The Morgan fingerprint density at radius 1 is 0.720 bits per heavy atom. The molecule has 0 aromatic carbocycles. The molecular weight excluding hydrogens is 441 g/mol. The van der Waals surface area contributed by atoms with E-state index in [4.69, 9.17) is 6.42 Å². The molecule has 0 fully saturated rings. The van der Waals surface area contributed by atoms with Crippen LogP contribution in [-0.4, -0.2) is 28.7 Å². The van der Waals surface area contributed by atoms with Gasteiger partial charge in [-0.15, -0.1) is 6.42 Å². The molecule has 1 nitrogen and oxygen atoms in total. The molecule has 1 unspecified atom stereocenters. The molecule has 0 aliphatic rings. The zero-order valence-electron chi connectivity index (χ0n) is 17.2. The predicted octanol–water partition coefficient (Wildman–Crippen LogP) is 4.33. The molecule has 0 aromatic rings. The highest BCUT2D eigenvalue weighted by Crippen LogP contribution is 2.21. The molecule has 0 radical (unpaired) electrons. The molecule has 0 N–H and O–H groups in total. The summed E-state index contributed by atoms with van der Waals surface area (Å²) in [5.41, 5.74) is 0. The molecule has 0 spiro atoms. The lowest BCUT2D eigenvalue weighted by atomic mass is 10.1. The van der Waals surface area contributed by atoms with Crippen molar-refractivity contribution >= 4 is 22.6 Å². The monoisotopic (exact) mass is 483 g/mol. The zero-order valence-corrected chi connectivity index (χ0v) is 20.1. The van der Waals surface area contributed by atoms with E-state index >= 15 is 0 Å². The second kappa shape index (κ2) is 19.3. The highest BCUT2D eigenvalue weighted by atomic mass is 127. The highest BCUT2D eigenvalue weighted by molar-refractivity contribution is 14.1. The maximum Gasteiger partial charge on any atom is 0.200 e. The third-order valence-corrected chi connectivity index (χ3v) is 6.93. The van der Waals surface area contributed by atoms with Crippen LogP contribution in [0.3, 0.4) is 0 Å². The van der Waals surface area contributed by atoms with E-state index in [0.717, 1.165) is 4.48 Å². The topological polar surface area (TPSA) is 0 Å². The van der Waals surface area contributed by atoms with Crippen molar-refractivity contribution in [3.63, 3.8) is 0 Å². The fourth-order valence-electron chi connectivity index (χ4n) is 3.38. The number of nitrogens with zero attached hydrogens (tertiary/aromatic N) is 1. The molecule has 0 saturated carbocycles. The van der Waals surface area contributed by atoms with Gasteiger partial charge in [-0.2, -0.15) is 0 Å². The van der Waals surface area contributed by atoms with E-state index in [1.54, 1.807) is 0 Å². The fraction of sp³-hybridized carbons (Fsp3) is 0.909. The number of rotatable bonds is 17. The normalized spacial score (nSPS) is 12.4. The Morgan fingerprint density at radius 3 is 1.36 bits per heavy atom. The Hall–Kier alpha value is 0.540. The summed E-state index contributed by atoms with van der Waals surface area (Å²) in [6.07, 6.45) is 25.1. The summed E-state index contributed by atoms with van der Waals surface area (Å²) in [4.78, 5) is 0.